The molecular formula is C15H16N4O3S2. The highest BCUT2D eigenvalue weighted by atomic mass is 32.2. The van der Waals surface area contributed by atoms with E-state index < -0.39 is 4.92 Å². The van der Waals surface area contributed by atoms with E-state index in [0.717, 1.165) is 22.9 Å². The van der Waals surface area contributed by atoms with Crippen LogP contribution in [0.2, 0.25) is 0 Å². The van der Waals surface area contributed by atoms with E-state index in [1.54, 1.807) is 23.9 Å². The normalized spacial score (nSPS) is 10.9. The summed E-state index contributed by atoms with van der Waals surface area (Å²) in [6, 6.07) is 6.05. The van der Waals surface area contributed by atoms with Crippen LogP contribution >= 0.6 is 23.1 Å². The fourth-order valence-corrected chi connectivity index (χ4v) is 3.59. The molecule has 0 atom stereocenters. The van der Waals surface area contributed by atoms with Crippen LogP contribution in [0.1, 0.15) is 25.3 Å². The quantitative estimate of drug-likeness (QED) is 0.190. The Morgan fingerprint density at radius 3 is 3.04 bits per heavy atom. The Morgan fingerprint density at radius 1 is 1.46 bits per heavy atom. The predicted molar refractivity (Wildman–Crippen MR) is 96.3 cm³/mol. The van der Waals surface area contributed by atoms with Gasteiger partial charge in [-0.2, -0.15) is 0 Å². The average Bonchev–Trinajstić information content (AvgIpc) is 3.01. The minimum absolute atomic E-state index is 0.0181. The van der Waals surface area contributed by atoms with Crippen LogP contribution in [-0.4, -0.2) is 26.8 Å². The molecule has 1 heterocycles. The molecule has 1 aromatic carbocycles. The molecule has 0 aliphatic rings. The Hall–Kier alpha value is -2.26. The van der Waals surface area contributed by atoms with E-state index in [-0.39, 0.29) is 11.6 Å². The van der Waals surface area contributed by atoms with Crippen molar-refractivity contribution in [1.29, 1.82) is 0 Å². The molecule has 1 amide bonds. The van der Waals surface area contributed by atoms with Gasteiger partial charge in [-0.05, 0) is 18.1 Å². The van der Waals surface area contributed by atoms with Gasteiger partial charge in [0.25, 0.3) is 5.69 Å². The van der Waals surface area contributed by atoms with Crippen LogP contribution in [0, 0.1) is 10.1 Å². The van der Waals surface area contributed by atoms with Gasteiger partial charge in [0.2, 0.25) is 11.0 Å². The summed E-state index contributed by atoms with van der Waals surface area (Å²) in [5.41, 5.74) is 0.558. The van der Waals surface area contributed by atoms with Gasteiger partial charge in [0.15, 0.2) is 4.34 Å². The number of nitrogens with zero attached hydrogens (tertiary/aromatic N) is 3. The number of unbranched alkanes of at least 4 members (excludes halogenated alkanes) is 1. The van der Waals surface area contributed by atoms with Crippen LogP contribution in [0.25, 0.3) is 6.08 Å². The molecule has 0 spiro atoms. The van der Waals surface area contributed by atoms with Crippen molar-refractivity contribution in [1.82, 2.24) is 10.2 Å². The number of thioether (sulfide) groups is 1. The third-order valence-corrected chi connectivity index (χ3v) is 4.93. The van der Waals surface area contributed by atoms with E-state index in [1.165, 1.54) is 35.6 Å². The number of carbonyl (C=O) groups is 1. The van der Waals surface area contributed by atoms with Crippen LogP contribution in [0.3, 0.4) is 0 Å². The molecule has 0 fully saturated rings. The number of nitro groups is 1. The standard InChI is InChI=1S/C15H16N4O3S2/c1-2-3-9-23-15-18-17-14(24-15)16-13(20)8-7-11-5-4-6-12(10-11)19(21)22/h4-8,10H,2-3,9H2,1H3,(H,16,17,20)/b8-7+. The number of benzene rings is 1. The summed E-state index contributed by atoms with van der Waals surface area (Å²) in [5.74, 6) is 0.619. The maximum absolute atomic E-state index is 11.9. The number of amides is 1. The lowest BCUT2D eigenvalue weighted by molar-refractivity contribution is -0.384. The fourth-order valence-electron chi connectivity index (χ4n) is 1.68. The van der Waals surface area contributed by atoms with Crippen molar-refractivity contribution in [3.8, 4) is 0 Å². The summed E-state index contributed by atoms with van der Waals surface area (Å²) in [4.78, 5) is 22.1. The number of nitro benzene ring substituents is 1. The first-order valence-corrected chi connectivity index (χ1v) is 9.08. The van der Waals surface area contributed by atoms with Gasteiger partial charge in [0.1, 0.15) is 0 Å². The SMILES string of the molecule is CCCCSc1nnc(NC(=O)/C=C/c2cccc([N+](=O)[O-])c2)s1. The lowest BCUT2D eigenvalue weighted by atomic mass is 10.2. The highest BCUT2D eigenvalue weighted by Crippen LogP contribution is 2.26. The van der Waals surface area contributed by atoms with E-state index in [0.29, 0.717) is 10.7 Å². The smallest absolute Gasteiger partial charge is 0.270 e. The third-order valence-electron chi connectivity index (χ3n) is 2.87. The molecule has 24 heavy (non-hydrogen) atoms. The molecule has 0 radical (unpaired) electrons. The molecule has 2 aromatic rings. The van der Waals surface area contributed by atoms with Gasteiger partial charge in [0, 0.05) is 24.0 Å². The Morgan fingerprint density at radius 2 is 2.29 bits per heavy atom. The summed E-state index contributed by atoms with van der Waals surface area (Å²) in [6.45, 7) is 2.12. The Balaban J connectivity index is 1.91. The van der Waals surface area contributed by atoms with Crippen molar-refractivity contribution < 1.29 is 9.72 Å². The van der Waals surface area contributed by atoms with Gasteiger partial charge in [-0.3, -0.25) is 20.2 Å². The van der Waals surface area contributed by atoms with Crippen LogP contribution in [0.5, 0.6) is 0 Å². The molecule has 0 aliphatic heterocycles. The number of nitrogens with one attached hydrogen (secondary N) is 1. The molecule has 1 N–H and O–H groups in total. The minimum atomic E-state index is -0.476. The number of non-ortho nitro benzene ring substituents is 1. The number of hydrogen-bond donors (Lipinski definition) is 1. The second kappa shape index (κ2) is 9.14. The van der Waals surface area contributed by atoms with E-state index in [9.17, 15) is 14.9 Å². The predicted octanol–water partition coefficient (Wildman–Crippen LogP) is 3.99. The Labute approximate surface area is 147 Å². The number of hydrogen-bond acceptors (Lipinski definition) is 7. The number of carbonyl (C=O) groups excluding carboxylic acids is 1. The number of aromatic nitrogens is 2. The molecule has 126 valence electrons. The van der Waals surface area contributed by atoms with E-state index in [2.05, 4.69) is 22.4 Å². The highest BCUT2D eigenvalue weighted by Gasteiger charge is 2.07. The van der Waals surface area contributed by atoms with Gasteiger partial charge in [-0.1, -0.05) is 48.6 Å². The van der Waals surface area contributed by atoms with E-state index >= 15 is 0 Å². The first-order valence-electron chi connectivity index (χ1n) is 7.28. The maximum atomic E-state index is 11.9. The summed E-state index contributed by atoms with van der Waals surface area (Å²) >= 11 is 2.94. The van der Waals surface area contributed by atoms with E-state index in [1.807, 2.05) is 0 Å². The van der Waals surface area contributed by atoms with Crippen molar-refractivity contribution in [2.45, 2.75) is 24.1 Å². The third kappa shape index (κ3) is 5.74. The molecule has 1 aromatic heterocycles. The second-order valence-corrected chi connectivity index (χ2v) is 7.07. The molecule has 0 saturated heterocycles. The van der Waals surface area contributed by atoms with Gasteiger partial charge in [-0.15, -0.1) is 10.2 Å². The minimum Gasteiger partial charge on any atom is -0.297 e. The van der Waals surface area contributed by atoms with Crippen molar-refractivity contribution in [3.05, 3.63) is 46.0 Å². The molecule has 0 aliphatic carbocycles. The van der Waals surface area contributed by atoms with Gasteiger partial charge in [-0.25, -0.2) is 0 Å². The van der Waals surface area contributed by atoms with E-state index in [4.69, 9.17) is 0 Å². The van der Waals surface area contributed by atoms with Crippen molar-refractivity contribution in [2.24, 2.45) is 0 Å². The van der Waals surface area contributed by atoms with Gasteiger partial charge in [0.05, 0.1) is 4.92 Å². The topological polar surface area (TPSA) is 98.0 Å². The molecular weight excluding hydrogens is 348 g/mol. The fraction of sp³-hybridized carbons (Fsp3) is 0.267. The summed E-state index contributed by atoms with van der Waals surface area (Å²) in [7, 11) is 0. The van der Waals surface area contributed by atoms with Gasteiger partial charge < -0.3 is 0 Å². The van der Waals surface area contributed by atoms with Crippen molar-refractivity contribution in [2.75, 3.05) is 11.1 Å². The lowest BCUT2D eigenvalue weighted by Crippen LogP contribution is -2.07. The zero-order chi connectivity index (χ0) is 17.4. The highest BCUT2D eigenvalue weighted by molar-refractivity contribution is 8.01. The first kappa shape index (κ1) is 18.1. The summed E-state index contributed by atoms with van der Waals surface area (Å²) in [5, 5.41) is 21.7. The van der Waals surface area contributed by atoms with Crippen molar-refractivity contribution in [3.63, 3.8) is 0 Å². The average molecular weight is 364 g/mol. The summed E-state index contributed by atoms with van der Waals surface area (Å²) in [6.07, 6.45) is 5.06. The van der Waals surface area contributed by atoms with Crippen LogP contribution in [0.4, 0.5) is 10.8 Å². The maximum Gasteiger partial charge on any atom is 0.270 e. The largest absolute Gasteiger partial charge is 0.297 e. The molecule has 7 nitrogen and oxygen atoms in total. The van der Waals surface area contributed by atoms with Crippen LogP contribution < -0.4 is 5.32 Å². The molecule has 0 saturated carbocycles. The first-order chi connectivity index (χ1) is 11.6. The Bertz CT molecular complexity index is 746. The number of anilines is 1. The summed E-state index contributed by atoms with van der Waals surface area (Å²) < 4.78 is 0.821. The van der Waals surface area contributed by atoms with Crippen LogP contribution in [0.15, 0.2) is 34.7 Å². The van der Waals surface area contributed by atoms with Crippen LogP contribution in [-0.2, 0) is 4.79 Å². The molecule has 2 rings (SSSR count). The monoisotopic (exact) mass is 364 g/mol. The molecule has 0 bridgehead atoms. The number of rotatable bonds is 8. The lowest BCUT2D eigenvalue weighted by Gasteiger charge is -1.96. The Kier molecular flexibility index (Phi) is 6.89. The zero-order valence-corrected chi connectivity index (χ0v) is 14.6. The van der Waals surface area contributed by atoms with Crippen molar-refractivity contribution >= 4 is 45.9 Å². The zero-order valence-electron chi connectivity index (χ0n) is 13.0. The van der Waals surface area contributed by atoms with Gasteiger partial charge >= 0.3 is 0 Å². The molecule has 9 heteroatoms. The molecule has 0 unspecified atom stereocenters. The second-order valence-electron chi connectivity index (χ2n) is 4.75.